The van der Waals surface area contributed by atoms with Crippen LogP contribution in [0, 0.1) is 0 Å². The van der Waals surface area contributed by atoms with Gasteiger partial charge in [0.1, 0.15) is 0 Å². The first-order valence-electron chi connectivity index (χ1n) is 7.14. The number of thiazole rings is 1. The van der Waals surface area contributed by atoms with E-state index in [-0.39, 0.29) is 27.2 Å². The van der Waals surface area contributed by atoms with Crippen LogP contribution >= 0.6 is 34.5 Å². The first-order valence-corrected chi connectivity index (χ1v) is 8.71. The zero-order valence-electron chi connectivity index (χ0n) is 12.8. The maximum absolute atomic E-state index is 12.8. The minimum Gasteiger partial charge on any atom is -0.332 e. The molecule has 0 bridgehead atoms. The number of rotatable bonds is 4. The molecule has 3 aromatic rings. The molecule has 0 unspecified atom stereocenters. The molecule has 1 N–H and O–H groups in total. The highest BCUT2D eigenvalue weighted by Crippen LogP contribution is 2.32. The van der Waals surface area contributed by atoms with Gasteiger partial charge in [-0.25, -0.2) is 4.98 Å². The van der Waals surface area contributed by atoms with Crippen LogP contribution in [0.3, 0.4) is 0 Å². The Kier molecular flexibility index (Phi) is 5.22. The molecule has 134 valence electrons. The Morgan fingerprint density at radius 1 is 1.12 bits per heavy atom. The maximum atomic E-state index is 12.8. The number of carbonyl (C=O) groups is 1. The van der Waals surface area contributed by atoms with Gasteiger partial charge in [-0.2, -0.15) is 13.2 Å². The molecule has 26 heavy (non-hydrogen) atoms. The zero-order chi connectivity index (χ0) is 18.9. The number of alkyl halides is 3. The second kappa shape index (κ2) is 7.26. The van der Waals surface area contributed by atoms with Gasteiger partial charge >= 0.3 is 6.18 Å². The number of hydrogen-bond donors (Lipinski definition) is 1. The average Bonchev–Trinajstić information content (AvgIpc) is 3.02. The Morgan fingerprint density at radius 3 is 2.58 bits per heavy atom. The van der Waals surface area contributed by atoms with Gasteiger partial charge < -0.3 is 5.32 Å². The van der Waals surface area contributed by atoms with E-state index in [0.29, 0.717) is 9.90 Å². The summed E-state index contributed by atoms with van der Waals surface area (Å²) in [6.07, 6.45) is -3.10. The predicted molar refractivity (Wildman–Crippen MR) is 96.7 cm³/mol. The second-order valence-electron chi connectivity index (χ2n) is 5.19. The van der Waals surface area contributed by atoms with Crippen molar-refractivity contribution in [2.24, 2.45) is 0 Å². The van der Waals surface area contributed by atoms with Crippen molar-refractivity contribution < 1.29 is 18.0 Å². The van der Waals surface area contributed by atoms with E-state index in [2.05, 4.69) is 10.3 Å². The fourth-order valence-electron chi connectivity index (χ4n) is 2.14. The van der Waals surface area contributed by atoms with Crippen molar-refractivity contribution in [3.8, 4) is 0 Å². The van der Waals surface area contributed by atoms with Gasteiger partial charge in [-0.05, 0) is 36.4 Å². The number of nitrogens with zero attached hydrogens (tertiary/aromatic N) is 1. The first kappa shape index (κ1) is 18.7. The normalized spacial score (nSPS) is 11.4. The molecular formula is C17H9Cl2F3N2OS. The smallest absolute Gasteiger partial charge is 0.332 e. The van der Waals surface area contributed by atoms with Gasteiger partial charge in [-0.1, -0.05) is 40.6 Å². The monoisotopic (exact) mass is 416 g/mol. The zero-order valence-corrected chi connectivity index (χ0v) is 15.1. The molecule has 0 spiro atoms. The molecule has 1 heterocycles. The van der Waals surface area contributed by atoms with Crippen LogP contribution in [0.25, 0.3) is 0 Å². The van der Waals surface area contributed by atoms with E-state index in [1.54, 1.807) is 6.07 Å². The number of carbonyl (C=O) groups excluding carboxylic acids is 1. The van der Waals surface area contributed by atoms with Gasteiger partial charge in [0.15, 0.2) is 5.13 Å². The van der Waals surface area contributed by atoms with E-state index in [4.69, 9.17) is 23.2 Å². The molecule has 0 aliphatic heterocycles. The molecule has 9 heteroatoms. The predicted octanol–water partition coefficient (Wildman–Crippen LogP) is 6.44. The Bertz CT molecular complexity index is 973. The summed E-state index contributed by atoms with van der Waals surface area (Å²) >= 11 is 12.9. The summed E-state index contributed by atoms with van der Waals surface area (Å²) in [6, 6.07) is 9.23. The van der Waals surface area contributed by atoms with Crippen LogP contribution in [0.1, 0.15) is 20.8 Å². The number of anilines is 2. The van der Waals surface area contributed by atoms with Crippen LogP contribution < -0.4 is 5.32 Å². The highest BCUT2D eigenvalue weighted by molar-refractivity contribution is 7.17. The summed E-state index contributed by atoms with van der Waals surface area (Å²) < 4.78 is 38.3. The molecule has 3 rings (SSSR count). The standard InChI is InChI=1S/C17H9Cl2F3N2OS/c18-10-4-5-12(13(19)7-10)15(25)14-8-23-16(26-14)24-11-3-1-2-9(6-11)17(20,21)22/h1-8H,(H,23,24). The Labute approximate surface area is 160 Å². The second-order valence-corrected chi connectivity index (χ2v) is 7.06. The SMILES string of the molecule is O=C(c1cnc(Nc2cccc(C(F)(F)F)c2)s1)c1ccc(Cl)cc1Cl. The maximum Gasteiger partial charge on any atom is 0.416 e. The molecule has 3 nitrogen and oxygen atoms in total. The van der Waals surface area contributed by atoms with Gasteiger partial charge in [-0.3, -0.25) is 4.79 Å². The summed E-state index contributed by atoms with van der Waals surface area (Å²) in [5.74, 6) is -0.346. The highest BCUT2D eigenvalue weighted by Gasteiger charge is 2.30. The third-order valence-electron chi connectivity index (χ3n) is 3.35. The third-order valence-corrected chi connectivity index (χ3v) is 4.81. The van der Waals surface area contributed by atoms with Crippen molar-refractivity contribution in [3.63, 3.8) is 0 Å². The number of hydrogen-bond acceptors (Lipinski definition) is 4. The Hall–Kier alpha value is -2.09. The Morgan fingerprint density at radius 2 is 1.88 bits per heavy atom. The third kappa shape index (κ3) is 4.17. The highest BCUT2D eigenvalue weighted by atomic mass is 35.5. The molecule has 0 saturated carbocycles. The molecule has 0 aliphatic carbocycles. The van der Waals surface area contributed by atoms with Crippen LogP contribution in [0.15, 0.2) is 48.7 Å². The average molecular weight is 417 g/mol. The van der Waals surface area contributed by atoms with E-state index in [9.17, 15) is 18.0 Å². The fraction of sp³-hybridized carbons (Fsp3) is 0.0588. The van der Waals surface area contributed by atoms with Gasteiger partial charge in [0, 0.05) is 16.3 Å². The molecule has 1 aromatic heterocycles. The van der Waals surface area contributed by atoms with Crippen LogP contribution in [0.5, 0.6) is 0 Å². The minimum atomic E-state index is -4.44. The van der Waals surface area contributed by atoms with Crippen LogP contribution in [-0.2, 0) is 6.18 Å². The van der Waals surface area contributed by atoms with Gasteiger partial charge in [-0.15, -0.1) is 0 Å². The molecule has 0 saturated heterocycles. The molecule has 0 atom stereocenters. The first-order chi connectivity index (χ1) is 12.2. The lowest BCUT2D eigenvalue weighted by Crippen LogP contribution is -2.05. The summed E-state index contributed by atoms with van der Waals surface area (Å²) in [5.41, 5.74) is -0.286. The van der Waals surface area contributed by atoms with Crippen molar-refractivity contribution >= 4 is 51.1 Å². The lowest BCUT2D eigenvalue weighted by atomic mass is 10.1. The number of aromatic nitrogens is 1. The van der Waals surface area contributed by atoms with E-state index < -0.39 is 11.7 Å². The number of benzene rings is 2. The number of nitrogens with one attached hydrogen (secondary N) is 1. The topological polar surface area (TPSA) is 42.0 Å². The molecular weight excluding hydrogens is 408 g/mol. The molecule has 0 fully saturated rings. The van der Waals surface area contributed by atoms with Gasteiger partial charge in [0.2, 0.25) is 5.78 Å². The summed E-state index contributed by atoms with van der Waals surface area (Å²) in [6.45, 7) is 0. The van der Waals surface area contributed by atoms with E-state index in [1.165, 1.54) is 30.5 Å². The van der Waals surface area contributed by atoms with E-state index in [0.717, 1.165) is 23.5 Å². The lowest BCUT2D eigenvalue weighted by Gasteiger charge is -2.08. The fourth-order valence-corrected chi connectivity index (χ4v) is 3.42. The quantitative estimate of drug-likeness (QED) is 0.497. The minimum absolute atomic E-state index is 0.211. The largest absolute Gasteiger partial charge is 0.416 e. The van der Waals surface area contributed by atoms with Gasteiger partial charge in [0.25, 0.3) is 0 Å². The lowest BCUT2D eigenvalue weighted by molar-refractivity contribution is -0.137. The summed E-state index contributed by atoms with van der Waals surface area (Å²) in [4.78, 5) is 16.8. The summed E-state index contributed by atoms with van der Waals surface area (Å²) in [5, 5.41) is 3.67. The molecule has 0 radical (unpaired) electrons. The van der Waals surface area contributed by atoms with Crippen molar-refractivity contribution in [3.05, 3.63) is 74.7 Å². The van der Waals surface area contributed by atoms with Crippen LogP contribution in [0.4, 0.5) is 24.0 Å². The van der Waals surface area contributed by atoms with E-state index in [1.807, 2.05) is 0 Å². The number of halogens is 5. The van der Waals surface area contributed by atoms with Crippen molar-refractivity contribution in [1.29, 1.82) is 0 Å². The Balaban J connectivity index is 1.81. The van der Waals surface area contributed by atoms with Crippen molar-refractivity contribution in [2.75, 3.05) is 5.32 Å². The van der Waals surface area contributed by atoms with Crippen molar-refractivity contribution in [1.82, 2.24) is 4.98 Å². The number of ketones is 1. The molecule has 0 amide bonds. The van der Waals surface area contributed by atoms with E-state index >= 15 is 0 Å². The van der Waals surface area contributed by atoms with Gasteiger partial charge in [0.05, 0.1) is 21.7 Å². The molecule has 2 aromatic carbocycles. The molecule has 0 aliphatic rings. The van der Waals surface area contributed by atoms with Crippen LogP contribution in [-0.4, -0.2) is 10.8 Å². The summed E-state index contributed by atoms with van der Waals surface area (Å²) in [7, 11) is 0. The van der Waals surface area contributed by atoms with Crippen molar-refractivity contribution in [2.45, 2.75) is 6.18 Å². The van der Waals surface area contributed by atoms with Crippen LogP contribution in [0.2, 0.25) is 10.0 Å².